The molecule has 0 fully saturated rings. The van der Waals surface area contributed by atoms with Gasteiger partial charge in [-0.15, -0.1) is 0 Å². The highest BCUT2D eigenvalue weighted by Crippen LogP contribution is 2.51. The molecule has 4 aromatic rings. The van der Waals surface area contributed by atoms with Crippen molar-refractivity contribution in [1.82, 2.24) is 0 Å². The summed E-state index contributed by atoms with van der Waals surface area (Å²) < 4.78 is 0. The molecule has 0 spiro atoms. The summed E-state index contributed by atoms with van der Waals surface area (Å²) in [5.74, 6) is 0. The van der Waals surface area contributed by atoms with E-state index in [0.717, 1.165) is 13.1 Å². The van der Waals surface area contributed by atoms with E-state index in [0.29, 0.717) is 0 Å². The minimum atomic E-state index is -0.0293. The molecule has 0 unspecified atom stereocenters. The van der Waals surface area contributed by atoms with Gasteiger partial charge in [-0.25, -0.2) is 0 Å². The van der Waals surface area contributed by atoms with Crippen LogP contribution in [0.3, 0.4) is 0 Å². The van der Waals surface area contributed by atoms with Gasteiger partial charge in [-0.2, -0.15) is 0 Å². The Hall–Kier alpha value is -3.52. The summed E-state index contributed by atoms with van der Waals surface area (Å²) in [4.78, 5) is 5.01. The maximum absolute atomic E-state index is 4.55. The minimum Gasteiger partial charge on any atom is -0.344 e. The molecule has 4 aromatic carbocycles. The molecule has 0 radical (unpaired) electrons. The van der Waals surface area contributed by atoms with Crippen molar-refractivity contribution < 1.29 is 0 Å². The second-order valence-corrected chi connectivity index (χ2v) is 12.2. The number of rotatable bonds is 7. The Bertz CT molecular complexity index is 1450. The maximum atomic E-state index is 4.55. The normalized spacial score (nSPS) is 17.5. The smallest absolute Gasteiger partial charge is 0.0530 e. The fraction of sp³-hybridized carbons (Fsp3) is 0.333. The van der Waals surface area contributed by atoms with Crippen LogP contribution in [0.4, 0.5) is 11.4 Å². The van der Waals surface area contributed by atoms with Gasteiger partial charge in [0.15, 0.2) is 0 Å². The van der Waals surface area contributed by atoms with E-state index in [1.807, 2.05) is 0 Å². The van der Waals surface area contributed by atoms with Crippen molar-refractivity contribution in [1.29, 1.82) is 0 Å². The van der Waals surface area contributed by atoms with E-state index in [9.17, 15) is 0 Å². The van der Waals surface area contributed by atoms with E-state index in [1.165, 1.54) is 81.1 Å². The van der Waals surface area contributed by atoms with E-state index >= 15 is 0 Å². The number of hydrogen-bond acceptors (Lipinski definition) is 2. The van der Waals surface area contributed by atoms with E-state index in [-0.39, 0.29) is 10.8 Å². The van der Waals surface area contributed by atoms with Crippen LogP contribution in [0.25, 0.3) is 21.5 Å². The molecule has 6 rings (SSSR count). The summed E-state index contributed by atoms with van der Waals surface area (Å²) in [6, 6.07) is 26.7. The summed E-state index contributed by atoms with van der Waals surface area (Å²) in [5, 5.41) is 5.31. The van der Waals surface area contributed by atoms with Gasteiger partial charge in [0.1, 0.15) is 0 Å². The van der Waals surface area contributed by atoms with Gasteiger partial charge < -0.3 is 9.80 Å². The molecule has 0 atom stereocenters. The van der Waals surface area contributed by atoms with Gasteiger partial charge >= 0.3 is 0 Å². The zero-order valence-corrected chi connectivity index (χ0v) is 23.5. The second kappa shape index (κ2) is 9.05. The molecule has 2 heteroatoms. The van der Waals surface area contributed by atoms with Crippen LogP contribution >= 0.6 is 0 Å². The molecule has 38 heavy (non-hydrogen) atoms. The third-order valence-corrected chi connectivity index (χ3v) is 9.30. The van der Waals surface area contributed by atoms with E-state index in [4.69, 9.17) is 0 Å². The Labute approximate surface area is 228 Å². The third kappa shape index (κ3) is 3.68. The summed E-state index contributed by atoms with van der Waals surface area (Å²) in [5.41, 5.74) is 7.95. The first-order valence-corrected chi connectivity index (χ1v) is 14.2. The van der Waals surface area contributed by atoms with Crippen LogP contribution in [-0.2, 0) is 10.8 Å². The fourth-order valence-electron chi connectivity index (χ4n) is 6.74. The first kappa shape index (κ1) is 24.8. The number of fused-ring (bicyclic) bond motifs is 6. The van der Waals surface area contributed by atoms with E-state index in [2.05, 4.69) is 123 Å². The quantitative estimate of drug-likeness (QED) is 0.233. The van der Waals surface area contributed by atoms with Gasteiger partial charge in [-0.3, -0.25) is 0 Å². The van der Waals surface area contributed by atoms with Crippen LogP contribution in [-0.4, -0.2) is 13.1 Å². The highest BCUT2D eigenvalue weighted by atomic mass is 15.2. The molecular formula is C36H40N2. The lowest BCUT2D eigenvalue weighted by molar-refractivity contribution is 0.597. The summed E-state index contributed by atoms with van der Waals surface area (Å²) >= 11 is 0. The zero-order valence-electron chi connectivity index (χ0n) is 23.5. The van der Waals surface area contributed by atoms with Gasteiger partial charge in [-0.05, 0) is 34.7 Å². The Morgan fingerprint density at radius 2 is 0.921 bits per heavy atom. The molecule has 2 nitrogen and oxygen atoms in total. The minimum absolute atomic E-state index is 0.0293. The van der Waals surface area contributed by atoms with Crippen LogP contribution in [0, 0.1) is 0 Å². The highest BCUT2D eigenvalue weighted by Gasteiger charge is 2.40. The molecule has 0 bridgehead atoms. The van der Waals surface area contributed by atoms with Gasteiger partial charge in [-0.1, -0.05) is 126 Å². The van der Waals surface area contributed by atoms with Crippen molar-refractivity contribution in [3.63, 3.8) is 0 Å². The van der Waals surface area contributed by atoms with Crippen molar-refractivity contribution >= 4 is 32.9 Å². The molecule has 2 aliphatic rings. The van der Waals surface area contributed by atoms with Crippen LogP contribution in [0.1, 0.15) is 64.5 Å². The molecule has 0 N–H and O–H groups in total. The van der Waals surface area contributed by atoms with Gasteiger partial charge in [0.25, 0.3) is 0 Å². The number of anilines is 2. The van der Waals surface area contributed by atoms with Crippen molar-refractivity contribution in [2.24, 2.45) is 0 Å². The predicted octanol–water partition coefficient (Wildman–Crippen LogP) is 9.48. The number of hydrogen-bond donors (Lipinski definition) is 0. The molecule has 0 aliphatic carbocycles. The average molecular weight is 501 g/mol. The lowest BCUT2D eigenvalue weighted by atomic mass is 9.84. The lowest BCUT2D eigenvalue weighted by Gasteiger charge is -2.27. The lowest BCUT2D eigenvalue weighted by Crippen LogP contribution is -2.26. The van der Waals surface area contributed by atoms with Crippen LogP contribution in [0.15, 0.2) is 97.3 Å². The summed E-state index contributed by atoms with van der Waals surface area (Å²) in [7, 11) is 0. The number of allylic oxidation sites excluding steroid dienone is 2. The average Bonchev–Trinajstić information content (AvgIpc) is 3.24. The summed E-state index contributed by atoms with van der Waals surface area (Å²) in [6.07, 6.45) is 4.78. The molecule has 2 heterocycles. The Balaban J connectivity index is 1.12. The maximum Gasteiger partial charge on any atom is 0.0530 e. The topological polar surface area (TPSA) is 6.48 Å². The Kier molecular flexibility index (Phi) is 5.90. The van der Waals surface area contributed by atoms with Gasteiger partial charge in [0, 0.05) is 46.1 Å². The molecule has 0 saturated carbocycles. The fourth-order valence-corrected chi connectivity index (χ4v) is 6.74. The van der Waals surface area contributed by atoms with Crippen LogP contribution in [0.2, 0.25) is 0 Å². The Morgan fingerprint density at radius 1 is 0.526 bits per heavy atom. The number of nitrogens with zero attached hydrogens (tertiary/aromatic N) is 2. The highest BCUT2D eigenvalue weighted by molar-refractivity contribution is 6.00. The predicted molar refractivity (Wildman–Crippen MR) is 165 cm³/mol. The largest absolute Gasteiger partial charge is 0.344 e. The monoisotopic (exact) mass is 500 g/mol. The van der Waals surface area contributed by atoms with E-state index in [1.54, 1.807) is 0 Å². The SMILES string of the molecule is C=C1N(CCCCCCN2C(=C)C(C)(C)c3ccc4ccccc4c32)c2c(ccc3ccccc23)C1(C)C. The molecule has 0 amide bonds. The number of unbranched alkanes of at least 4 members (excludes halogenated alkanes) is 3. The van der Waals surface area contributed by atoms with Crippen molar-refractivity contribution in [2.75, 3.05) is 22.9 Å². The molecule has 2 aliphatic heterocycles. The first-order chi connectivity index (χ1) is 18.2. The first-order valence-electron chi connectivity index (χ1n) is 14.2. The number of benzene rings is 4. The standard InChI is InChI=1S/C36H40N2/c1-25-35(3,4)31-21-19-27-15-9-11-17-29(27)33(31)37(25)23-13-7-8-14-24-38-26(2)36(5,6)32-22-20-28-16-10-12-18-30(28)34(32)38/h9-12,15-22H,1-2,7-8,13-14,23-24H2,3-6H3. The second-order valence-electron chi connectivity index (χ2n) is 12.2. The third-order valence-electron chi connectivity index (χ3n) is 9.30. The molecule has 0 saturated heterocycles. The molecular weight excluding hydrogens is 460 g/mol. The van der Waals surface area contributed by atoms with E-state index < -0.39 is 0 Å². The van der Waals surface area contributed by atoms with Crippen LogP contribution in [0.5, 0.6) is 0 Å². The summed E-state index contributed by atoms with van der Waals surface area (Å²) in [6.45, 7) is 20.4. The van der Waals surface area contributed by atoms with Gasteiger partial charge in [0.2, 0.25) is 0 Å². The van der Waals surface area contributed by atoms with Crippen molar-refractivity contribution in [3.05, 3.63) is 108 Å². The van der Waals surface area contributed by atoms with Crippen LogP contribution < -0.4 is 9.80 Å². The Morgan fingerprint density at radius 3 is 1.34 bits per heavy atom. The zero-order chi connectivity index (χ0) is 26.7. The van der Waals surface area contributed by atoms with Crippen molar-refractivity contribution in [3.8, 4) is 0 Å². The van der Waals surface area contributed by atoms with Gasteiger partial charge in [0.05, 0.1) is 11.4 Å². The molecule has 194 valence electrons. The molecule has 0 aromatic heterocycles. The van der Waals surface area contributed by atoms with Crippen molar-refractivity contribution in [2.45, 2.75) is 64.2 Å².